The zero-order valence-electron chi connectivity index (χ0n) is 17.6. The monoisotopic (exact) mass is 428 g/mol. The summed E-state index contributed by atoms with van der Waals surface area (Å²) in [5.74, 6) is 1.11. The highest BCUT2D eigenvalue weighted by atomic mass is 16.6. The van der Waals surface area contributed by atoms with Crippen molar-refractivity contribution in [2.24, 2.45) is 0 Å². The van der Waals surface area contributed by atoms with Crippen molar-refractivity contribution in [1.82, 2.24) is 9.97 Å². The van der Waals surface area contributed by atoms with Crippen LogP contribution in [0.3, 0.4) is 0 Å². The van der Waals surface area contributed by atoms with Crippen LogP contribution >= 0.6 is 0 Å². The fraction of sp³-hybridized carbons (Fsp3) is 0.200. The molecule has 1 aliphatic rings. The number of carbonyl (C=O) groups excluding carboxylic acids is 1. The molecule has 0 saturated heterocycles. The van der Waals surface area contributed by atoms with E-state index in [-0.39, 0.29) is 6.10 Å². The second-order valence-electron chi connectivity index (χ2n) is 8.25. The van der Waals surface area contributed by atoms with Crippen LogP contribution in [0.1, 0.15) is 29.8 Å². The van der Waals surface area contributed by atoms with Gasteiger partial charge in [-0.15, -0.1) is 0 Å². The molecule has 1 aliphatic heterocycles. The maximum absolute atomic E-state index is 11.5. The minimum absolute atomic E-state index is 0.302. The summed E-state index contributed by atoms with van der Waals surface area (Å²) in [7, 11) is 0. The van der Waals surface area contributed by atoms with Crippen LogP contribution in [0.15, 0.2) is 70.1 Å². The Morgan fingerprint density at radius 3 is 2.66 bits per heavy atom. The quantitative estimate of drug-likeness (QED) is 0.355. The van der Waals surface area contributed by atoms with Gasteiger partial charge in [-0.3, -0.25) is 4.79 Å². The lowest BCUT2D eigenvalue weighted by atomic mass is 9.90. The molecule has 0 fully saturated rings. The molecule has 1 atom stereocenters. The average Bonchev–Trinajstić information content (AvgIpc) is 2.78. The van der Waals surface area contributed by atoms with E-state index in [0.717, 1.165) is 22.8 Å². The summed E-state index contributed by atoms with van der Waals surface area (Å²) in [5, 5.41) is 0.827. The molecule has 5 rings (SSSR count). The molecule has 7 heteroatoms. The van der Waals surface area contributed by atoms with Crippen LogP contribution in [0, 0.1) is 0 Å². The Hall–Kier alpha value is -4.00. The maximum Gasteiger partial charge on any atom is 0.336 e. The highest BCUT2D eigenvalue weighted by molar-refractivity contribution is 5.79. The first-order valence-electron chi connectivity index (χ1n) is 10.2. The summed E-state index contributed by atoms with van der Waals surface area (Å²) >= 11 is 0. The zero-order valence-corrected chi connectivity index (χ0v) is 17.6. The first-order chi connectivity index (χ1) is 15.4. The Labute approximate surface area is 183 Å². The van der Waals surface area contributed by atoms with E-state index in [4.69, 9.17) is 13.9 Å². The highest BCUT2D eigenvalue weighted by Gasteiger charge is 2.39. The molecule has 0 N–H and O–H groups in total. The van der Waals surface area contributed by atoms with Gasteiger partial charge in [0.05, 0.1) is 5.69 Å². The van der Waals surface area contributed by atoms with Crippen LogP contribution in [-0.2, 0) is 6.42 Å². The van der Waals surface area contributed by atoms with E-state index < -0.39 is 11.2 Å². The van der Waals surface area contributed by atoms with E-state index in [0.29, 0.717) is 34.9 Å². The van der Waals surface area contributed by atoms with Crippen molar-refractivity contribution >= 4 is 17.3 Å². The number of rotatable bonds is 4. The molecule has 0 amide bonds. The number of fused-ring (bicyclic) bond motifs is 2. The average molecular weight is 428 g/mol. The zero-order chi connectivity index (χ0) is 22.3. The van der Waals surface area contributed by atoms with E-state index in [1.807, 2.05) is 32.0 Å². The van der Waals surface area contributed by atoms with Gasteiger partial charge in [-0.05, 0) is 31.5 Å². The van der Waals surface area contributed by atoms with E-state index in [2.05, 4.69) is 9.97 Å². The molecule has 0 saturated carbocycles. The normalized spacial score (nSPS) is 16.8. The molecule has 2 aromatic heterocycles. The minimum Gasteiger partial charge on any atom is -0.484 e. The number of nitrogens with zero attached hydrogens (tertiary/aromatic N) is 2. The second kappa shape index (κ2) is 7.60. The van der Waals surface area contributed by atoms with Crippen molar-refractivity contribution in [3.63, 3.8) is 0 Å². The van der Waals surface area contributed by atoms with Gasteiger partial charge in [-0.2, -0.15) is 0 Å². The standard InChI is InChI=1S/C25H20N2O5/c1-25(2)22(10-18-9-17-7-8-24(29)30-20(17)12-21(18)32-25)31-23-11-19(26-14-27-23)16-5-3-15(13-28)4-6-16/h3-9,11-14,22H,10H2,1-2H3/t22-/m0/s1. The predicted octanol–water partition coefficient (Wildman–Crippen LogP) is 4.22. The van der Waals surface area contributed by atoms with Gasteiger partial charge in [0, 0.05) is 41.1 Å². The molecule has 4 aromatic rings. The fourth-order valence-corrected chi connectivity index (χ4v) is 3.82. The molecule has 0 radical (unpaired) electrons. The van der Waals surface area contributed by atoms with E-state index in [9.17, 15) is 9.59 Å². The lowest BCUT2D eigenvalue weighted by Crippen LogP contribution is -2.49. The third kappa shape index (κ3) is 3.73. The van der Waals surface area contributed by atoms with Crippen molar-refractivity contribution < 1.29 is 18.7 Å². The van der Waals surface area contributed by atoms with Gasteiger partial charge in [0.25, 0.3) is 0 Å². The molecule has 0 spiro atoms. The predicted molar refractivity (Wildman–Crippen MR) is 118 cm³/mol. The Morgan fingerprint density at radius 1 is 1.06 bits per heavy atom. The Balaban J connectivity index is 1.43. The van der Waals surface area contributed by atoms with Crippen molar-refractivity contribution in [1.29, 1.82) is 0 Å². The van der Waals surface area contributed by atoms with Crippen LogP contribution in [0.5, 0.6) is 11.6 Å². The highest BCUT2D eigenvalue weighted by Crippen LogP contribution is 2.37. The van der Waals surface area contributed by atoms with Crippen LogP contribution in [0.4, 0.5) is 0 Å². The molecule has 7 nitrogen and oxygen atoms in total. The van der Waals surface area contributed by atoms with E-state index in [1.165, 1.54) is 12.4 Å². The van der Waals surface area contributed by atoms with Crippen LogP contribution < -0.4 is 15.1 Å². The summed E-state index contributed by atoms with van der Waals surface area (Å²) in [6.07, 6.45) is 2.56. The maximum atomic E-state index is 11.5. The molecule has 3 heterocycles. The van der Waals surface area contributed by atoms with E-state index >= 15 is 0 Å². The number of ether oxygens (including phenoxy) is 2. The second-order valence-corrected chi connectivity index (χ2v) is 8.25. The lowest BCUT2D eigenvalue weighted by Gasteiger charge is -2.39. The number of aldehydes is 1. The molecule has 0 unspecified atom stereocenters. The van der Waals surface area contributed by atoms with Crippen molar-refractivity contribution in [2.45, 2.75) is 32.0 Å². The molecule has 160 valence electrons. The molecule has 2 aromatic carbocycles. The Kier molecular flexibility index (Phi) is 4.74. The molecular weight excluding hydrogens is 408 g/mol. The number of hydrogen-bond acceptors (Lipinski definition) is 7. The topological polar surface area (TPSA) is 91.5 Å². The summed E-state index contributed by atoms with van der Waals surface area (Å²) < 4.78 is 17.8. The Bertz CT molecular complexity index is 1380. The van der Waals surface area contributed by atoms with Gasteiger partial charge < -0.3 is 13.9 Å². The summed E-state index contributed by atoms with van der Waals surface area (Å²) in [6.45, 7) is 3.90. The molecule has 0 bridgehead atoms. The number of benzene rings is 2. The van der Waals surface area contributed by atoms with Gasteiger partial charge in [0.1, 0.15) is 35.7 Å². The first kappa shape index (κ1) is 19.9. The number of aromatic nitrogens is 2. The minimum atomic E-state index is -0.646. The number of carbonyl (C=O) groups is 1. The fourth-order valence-electron chi connectivity index (χ4n) is 3.82. The Morgan fingerprint density at radius 2 is 1.88 bits per heavy atom. The first-order valence-corrected chi connectivity index (χ1v) is 10.2. The van der Waals surface area contributed by atoms with Crippen molar-refractivity contribution in [3.05, 3.63) is 82.5 Å². The van der Waals surface area contributed by atoms with Gasteiger partial charge in [-0.25, -0.2) is 14.8 Å². The molecule has 0 aliphatic carbocycles. The van der Waals surface area contributed by atoms with Gasteiger partial charge in [0.2, 0.25) is 5.88 Å². The summed E-state index contributed by atoms with van der Waals surface area (Å²) in [6, 6.07) is 15.8. The lowest BCUT2D eigenvalue weighted by molar-refractivity contribution is -0.0287. The van der Waals surface area contributed by atoms with E-state index in [1.54, 1.807) is 30.3 Å². The van der Waals surface area contributed by atoms with Gasteiger partial charge >= 0.3 is 5.63 Å². The van der Waals surface area contributed by atoms with Crippen LogP contribution in [0.2, 0.25) is 0 Å². The largest absolute Gasteiger partial charge is 0.484 e. The summed E-state index contributed by atoms with van der Waals surface area (Å²) in [4.78, 5) is 31.0. The third-order valence-electron chi connectivity index (χ3n) is 5.60. The van der Waals surface area contributed by atoms with Crippen LogP contribution in [-0.4, -0.2) is 28.0 Å². The number of hydrogen-bond donors (Lipinski definition) is 0. The van der Waals surface area contributed by atoms with Gasteiger partial charge in [-0.1, -0.05) is 24.3 Å². The van der Waals surface area contributed by atoms with Crippen LogP contribution in [0.25, 0.3) is 22.2 Å². The third-order valence-corrected chi connectivity index (χ3v) is 5.60. The van der Waals surface area contributed by atoms with Crippen molar-refractivity contribution in [2.75, 3.05) is 0 Å². The molecular formula is C25H20N2O5. The summed E-state index contributed by atoms with van der Waals surface area (Å²) in [5.41, 5.74) is 2.58. The smallest absolute Gasteiger partial charge is 0.336 e. The van der Waals surface area contributed by atoms with Crippen molar-refractivity contribution in [3.8, 4) is 22.9 Å². The van der Waals surface area contributed by atoms with Gasteiger partial charge in [0.15, 0.2) is 0 Å². The SMILES string of the molecule is CC1(C)Oc2cc3oc(=O)ccc3cc2C[C@@H]1Oc1cc(-c2ccc(C=O)cc2)ncn1. The molecule has 32 heavy (non-hydrogen) atoms.